The van der Waals surface area contributed by atoms with Gasteiger partial charge in [0.05, 0.1) is 17.1 Å². The zero-order valence-electron chi connectivity index (χ0n) is 12.9. The minimum Gasteiger partial charge on any atom is -0.396 e. The molecular weight excluding hydrogens is 284 g/mol. The van der Waals surface area contributed by atoms with Crippen molar-refractivity contribution in [3.8, 4) is 0 Å². The van der Waals surface area contributed by atoms with Crippen molar-refractivity contribution in [2.24, 2.45) is 0 Å². The fourth-order valence-corrected chi connectivity index (χ4v) is 2.98. The Labute approximate surface area is 129 Å². The second-order valence-corrected chi connectivity index (χ2v) is 6.83. The van der Waals surface area contributed by atoms with Crippen LogP contribution in [-0.4, -0.2) is 22.2 Å². The molecule has 0 aliphatic rings. The van der Waals surface area contributed by atoms with Crippen molar-refractivity contribution in [3.05, 3.63) is 33.8 Å². The molecule has 0 bridgehead atoms. The highest BCUT2D eigenvalue weighted by Gasteiger charge is 2.22. The van der Waals surface area contributed by atoms with E-state index in [1.807, 2.05) is 19.9 Å². The summed E-state index contributed by atoms with van der Waals surface area (Å²) in [5.41, 5.74) is 8.05. The Kier molecular flexibility index (Phi) is 4.37. The Balaban J connectivity index is 1.95. The highest BCUT2D eigenvalue weighted by atomic mass is 32.1. The van der Waals surface area contributed by atoms with E-state index in [0.717, 1.165) is 11.4 Å². The molecule has 0 aliphatic heterocycles. The van der Waals surface area contributed by atoms with Crippen LogP contribution in [0.15, 0.2) is 17.5 Å². The Bertz CT molecular complexity index is 628. The van der Waals surface area contributed by atoms with Crippen molar-refractivity contribution in [1.29, 1.82) is 0 Å². The first-order valence-corrected chi connectivity index (χ1v) is 7.79. The van der Waals surface area contributed by atoms with Crippen molar-refractivity contribution in [2.75, 3.05) is 12.3 Å². The largest absolute Gasteiger partial charge is 0.396 e. The van der Waals surface area contributed by atoms with Gasteiger partial charge in [0, 0.05) is 16.8 Å². The van der Waals surface area contributed by atoms with E-state index in [4.69, 9.17) is 5.73 Å². The summed E-state index contributed by atoms with van der Waals surface area (Å²) in [4.78, 5) is 13.4. The van der Waals surface area contributed by atoms with Gasteiger partial charge in [-0.05, 0) is 25.3 Å². The zero-order valence-corrected chi connectivity index (χ0v) is 13.8. The monoisotopic (exact) mass is 306 g/mol. The van der Waals surface area contributed by atoms with Gasteiger partial charge in [-0.1, -0.05) is 19.9 Å². The number of aryl methyl sites for hydroxylation is 1. The van der Waals surface area contributed by atoms with Crippen molar-refractivity contribution in [3.63, 3.8) is 0 Å². The van der Waals surface area contributed by atoms with Gasteiger partial charge in [0.1, 0.15) is 6.54 Å². The number of nitrogen functional groups attached to an aromatic ring is 1. The molecule has 0 fully saturated rings. The standard InChI is InChI=1S/C15H22N4OS/c1-10-14(16)11(2)19(18-10)8-13(20)17-9-15(3,4)12-6-5-7-21-12/h5-7H,8-9,16H2,1-4H3,(H,17,20). The number of rotatable bonds is 5. The third-order valence-corrected chi connectivity index (χ3v) is 4.88. The van der Waals surface area contributed by atoms with Crippen LogP contribution in [0.25, 0.3) is 0 Å². The lowest BCUT2D eigenvalue weighted by Gasteiger charge is -2.23. The van der Waals surface area contributed by atoms with Crippen LogP contribution in [0.4, 0.5) is 5.69 Å². The van der Waals surface area contributed by atoms with Crippen LogP contribution in [-0.2, 0) is 16.8 Å². The van der Waals surface area contributed by atoms with Gasteiger partial charge in [-0.2, -0.15) is 5.10 Å². The summed E-state index contributed by atoms with van der Waals surface area (Å²) in [7, 11) is 0. The van der Waals surface area contributed by atoms with Crippen LogP contribution < -0.4 is 11.1 Å². The van der Waals surface area contributed by atoms with E-state index in [0.29, 0.717) is 12.2 Å². The molecule has 0 atom stereocenters. The third kappa shape index (κ3) is 3.44. The van der Waals surface area contributed by atoms with E-state index >= 15 is 0 Å². The Morgan fingerprint density at radius 3 is 2.71 bits per heavy atom. The highest BCUT2D eigenvalue weighted by Crippen LogP contribution is 2.26. The van der Waals surface area contributed by atoms with E-state index in [-0.39, 0.29) is 17.9 Å². The van der Waals surface area contributed by atoms with Crippen molar-refractivity contribution < 1.29 is 4.79 Å². The first-order valence-electron chi connectivity index (χ1n) is 6.91. The molecular formula is C15H22N4OS. The van der Waals surface area contributed by atoms with Gasteiger partial charge in [0.2, 0.25) is 5.91 Å². The first kappa shape index (κ1) is 15.6. The summed E-state index contributed by atoms with van der Waals surface area (Å²) in [6.45, 7) is 8.77. The van der Waals surface area contributed by atoms with E-state index in [1.54, 1.807) is 16.0 Å². The molecule has 6 heteroatoms. The summed E-state index contributed by atoms with van der Waals surface area (Å²) in [6, 6.07) is 4.13. The Morgan fingerprint density at radius 1 is 1.48 bits per heavy atom. The van der Waals surface area contributed by atoms with Crippen LogP contribution >= 0.6 is 11.3 Å². The predicted octanol–water partition coefficient (Wildman–Crippen LogP) is 2.24. The summed E-state index contributed by atoms with van der Waals surface area (Å²) in [5, 5.41) is 9.31. The minimum atomic E-state index is -0.0715. The van der Waals surface area contributed by atoms with Crippen molar-refractivity contribution >= 4 is 22.9 Å². The number of anilines is 1. The molecule has 0 saturated heterocycles. The number of thiophene rings is 1. The van der Waals surface area contributed by atoms with E-state index < -0.39 is 0 Å². The van der Waals surface area contributed by atoms with Crippen molar-refractivity contribution in [1.82, 2.24) is 15.1 Å². The molecule has 0 unspecified atom stereocenters. The van der Waals surface area contributed by atoms with Crippen LogP contribution in [0, 0.1) is 13.8 Å². The number of hydrogen-bond acceptors (Lipinski definition) is 4. The van der Waals surface area contributed by atoms with Gasteiger partial charge in [-0.25, -0.2) is 0 Å². The Hall–Kier alpha value is -1.82. The number of amides is 1. The second kappa shape index (κ2) is 5.89. The number of nitrogens with zero attached hydrogens (tertiary/aromatic N) is 2. The number of carbonyl (C=O) groups is 1. The molecule has 2 heterocycles. The zero-order chi connectivity index (χ0) is 15.6. The quantitative estimate of drug-likeness (QED) is 0.889. The third-order valence-electron chi connectivity index (χ3n) is 3.65. The summed E-state index contributed by atoms with van der Waals surface area (Å²) >= 11 is 1.71. The average Bonchev–Trinajstić information content (AvgIpc) is 3.04. The molecule has 3 N–H and O–H groups in total. The SMILES string of the molecule is Cc1nn(CC(=O)NCC(C)(C)c2cccs2)c(C)c1N. The topological polar surface area (TPSA) is 72.9 Å². The molecule has 0 spiro atoms. The molecule has 5 nitrogen and oxygen atoms in total. The highest BCUT2D eigenvalue weighted by molar-refractivity contribution is 7.10. The maximum absolute atomic E-state index is 12.1. The lowest BCUT2D eigenvalue weighted by molar-refractivity contribution is -0.122. The molecule has 21 heavy (non-hydrogen) atoms. The number of aromatic nitrogens is 2. The number of nitrogens with two attached hydrogens (primary N) is 1. The van der Waals surface area contributed by atoms with E-state index in [2.05, 4.69) is 35.7 Å². The fourth-order valence-electron chi connectivity index (χ4n) is 2.13. The Morgan fingerprint density at radius 2 is 2.19 bits per heavy atom. The molecule has 0 aliphatic carbocycles. The van der Waals surface area contributed by atoms with Crippen molar-refractivity contribution in [2.45, 2.75) is 39.7 Å². The lowest BCUT2D eigenvalue weighted by atomic mass is 9.91. The molecule has 2 aromatic heterocycles. The van der Waals surface area contributed by atoms with Gasteiger partial charge >= 0.3 is 0 Å². The molecule has 0 aromatic carbocycles. The molecule has 2 aromatic rings. The summed E-state index contributed by atoms with van der Waals surface area (Å²) < 4.78 is 1.65. The van der Waals surface area contributed by atoms with Crippen LogP contribution in [0.5, 0.6) is 0 Å². The predicted molar refractivity (Wildman–Crippen MR) is 86.5 cm³/mol. The maximum atomic E-state index is 12.1. The lowest BCUT2D eigenvalue weighted by Crippen LogP contribution is -2.38. The summed E-state index contributed by atoms with van der Waals surface area (Å²) in [6.07, 6.45) is 0. The normalized spacial score (nSPS) is 11.6. The van der Waals surface area contributed by atoms with Gasteiger partial charge in [0.15, 0.2) is 0 Å². The van der Waals surface area contributed by atoms with Crippen LogP contribution in [0.1, 0.15) is 30.1 Å². The molecule has 114 valence electrons. The van der Waals surface area contributed by atoms with Gasteiger partial charge in [-0.15, -0.1) is 11.3 Å². The molecule has 0 saturated carbocycles. The summed E-state index contributed by atoms with van der Waals surface area (Å²) in [5.74, 6) is -0.0507. The maximum Gasteiger partial charge on any atom is 0.241 e. The number of carbonyl (C=O) groups excluding carboxylic acids is 1. The van der Waals surface area contributed by atoms with Crippen LogP contribution in [0.2, 0.25) is 0 Å². The smallest absolute Gasteiger partial charge is 0.241 e. The average molecular weight is 306 g/mol. The first-order chi connectivity index (χ1) is 9.81. The number of nitrogens with one attached hydrogen (secondary N) is 1. The molecule has 2 rings (SSSR count). The fraction of sp³-hybridized carbons (Fsp3) is 0.467. The van der Waals surface area contributed by atoms with E-state index in [9.17, 15) is 4.79 Å². The van der Waals surface area contributed by atoms with Gasteiger partial charge in [-0.3, -0.25) is 9.48 Å². The van der Waals surface area contributed by atoms with Gasteiger partial charge < -0.3 is 11.1 Å². The van der Waals surface area contributed by atoms with E-state index in [1.165, 1.54) is 4.88 Å². The molecule has 1 amide bonds. The molecule has 0 radical (unpaired) electrons. The van der Waals surface area contributed by atoms with Crippen LogP contribution in [0.3, 0.4) is 0 Å². The second-order valence-electron chi connectivity index (χ2n) is 5.88. The van der Waals surface area contributed by atoms with Gasteiger partial charge in [0.25, 0.3) is 0 Å². The number of hydrogen-bond donors (Lipinski definition) is 2. The minimum absolute atomic E-state index is 0.0507.